The second kappa shape index (κ2) is 7.19. The zero-order valence-electron chi connectivity index (χ0n) is 12.6. The Morgan fingerprint density at radius 3 is 2.54 bits per heavy atom. The Morgan fingerprint density at radius 1 is 1.08 bits per heavy atom. The number of carboxylic acid groups (broad SMARTS) is 1. The van der Waals surface area contributed by atoms with Gasteiger partial charge >= 0.3 is 5.97 Å². The molecule has 1 N–H and O–H groups in total. The number of aliphatic carboxylic acids is 1. The van der Waals surface area contributed by atoms with E-state index in [1.54, 1.807) is 18.2 Å². The third-order valence-electron chi connectivity index (χ3n) is 4.01. The highest BCUT2D eigenvalue weighted by atomic mass is 35.5. The summed E-state index contributed by atoms with van der Waals surface area (Å²) >= 11 is 18.6. The van der Waals surface area contributed by atoms with Crippen LogP contribution in [0.1, 0.15) is 5.56 Å². The van der Waals surface area contributed by atoms with Gasteiger partial charge in [-0.15, -0.1) is 0 Å². The number of benzene rings is 2. The molecule has 1 aliphatic heterocycles. The number of hydrogen-bond acceptors (Lipinski definition) is 3. The molecule has 1 fully saturated rings. The molecule has 7 heteroatoms. The molecule has 0 saturated carbocycles. The van der Waals surface area contributed by atoms with E-state index >= 15 is 0 Å². The highest BCUT2D eigenvalue weighted by Crippen LogP contribution is 2.34. The maximum Gasteiger partial charge on any atom is 0.309 e. The first-order chi connectivity index (χ1) is 11.5. The summed E-state index contributed by atoms with van der Waals surface area (Å²) in [7, 11) is 0. The summed E-state index contributed by atoms with van der Waals surface area (Å²) in [6.07, 6.45) is 0. The molecule has 0 aromatic heterocycles. The molecule has 24 heavy (non-hydrogen) atoms. The number of hydrogen-bond donors (Lipinski definition) is 1. The van der Waals surface area contributed by atoms with Crippen molar-refractivity contribution in [2.45, 2.75) is 6.54 Å². The fraction of sp³-hybridized carbons (Fsp3) is 0.235. The van der Waals surface area contributed by atoms with Gasteiger partial charge in [-0.1, -0.05) is 53.0 Å². The van der Waals surface area contributed by atoms with Gasteiger partial charge in [-0.3, -0.25) is 4.79 Å². The van der Waals surface area contributed by atoms with Gasteiger partial charge in [0.2, 0.25) is 0 Å². The molecule has 126 valence electrons. The van der Waals surface area contributed by atoms with Gasteiger partial charge in [-0.05, 0) is 29.8 Å². The Bertz CT molecular complexity index is 769. The smallest absolute Gasteiger partial charge is 0.309 e. The number of anilines is 1. The summed E-state index contributed by atoms with van der Waals surface area (Å²) < 4.78 is 0. The summed E-state index contributed by atoms with van der Waals surface area (Å²) in [6.45, 7) is 1.20. The lowest BCUT2D eigenvalue weighted by atomic mass is 10.1. The maximum atomic E-state index is 11.5. The molecule has 1 heterocycles. The Balaban J connectivity index is 1.93. The molecular formula is C17H15Cl3N2O2. The molecule has 1 saturated heterocycles. The molecule has 0 spiro atoms. The van der Waals surface area contributed by atoms with Crippen molar-refractivity contribution in [1.82, 2.24) is 5.01 Å². The van der Waals surface area contributed by atoms with Gasteiger partial charge in [-0.2, -0.15) is 0 Å². The molecule has 0 amide bonds. The molecule has 4 nitrogen and oxygen atoms in total. The number of hydrazine groups is 1. The zero-order chi connectivity index (χ0) is 17.3. The largest absolute Gasteiger partial charge is 0.481 e. The second-order valence-corrected chi connectivity index (χ2v) is 6.90. The summed E-state index contributed by atoms with van der Waals surface area (Å²) in [4.78, 5) is 11.5. The molecule has 1 aliphatic rings. The SMILES string of the molecule is O=C(O)C1CN(Cc2ccccc2Cl)N(c2cc(Cl)ccc2Cl)C1. The van der Waals surface area contributed by atoms with Crippen LogP contribution in [0.4, 0.5) is 5.69 Å². The van der Waals surface area contributed by atoms with E-state index in [-0.39, 0.29) is 0 Å². The highest BCUT2D eigenvalue weighted by molar-refractivity contribution is 6.35. The predicted octanol–water partition coefficient (Wildman–Crippen LogP) is 4.58. The molecule has 2 aromatic carbocycles. The van der Waals surface area contributed by atoms with Crippen LogP contribution < -0.4 is 5.01 Å². The van der Waals surface area contributed by atoms with Crippen LogP contribution in [-0.4, -0.2) is 29.2 Å². The summed E-state index contributed by atoms with van der Waals surface area (Å²) in [5, 5.41) is 14.9. The fourth-order valence-electron chi connectivity index (χ4n) is 2.80. The van der Waals surface area contributed by atoms with Crippen molar-refractivity contribution < 1.29 is 9.90 Å². The van der Waals surface area contributed by atoms with Crippen molar-refractivity contribution in [2.75, 3.05) is 18.1 Å². The monoisotopic (exact) mass is 384 g/mol. The minimum absolute atomic E-state index is 0.333. The Kier molecular flexibility index (Phi) is 5.21. The summed E-state index contributed by atoms with van der Waals surface area (Å²) in [6, 6.07) is 12.7. The first-order valence-electron chi connectivity index (χ1n) is 7.39. The van der Waals surface area contributed by atoms with Crippen LogP contribution in [-0.2, 0) is 11.3 Å². The summed E-state index contributed by atoms with van der Waals surface area (Å²) in [5.41, 5.74) is 1.62. The molecule has 1 unspecified atom stereocenters. The average molecular weight is 386 g/mol. The number of nitrogens with zero attached hydrogens (tertiary/aromatic N) is 2. The first kappa shape index (κ1) is 17.4. The lowest BCUT2D eigenvalue weighted by Crippen LogP contribution is -2.36. The molecule has 0 radical (unpaired) electrons. The third kappa shape index (κ3) is 3.62. The minimum atomic E-state index is -0.834. The van der Waals surface area contributed by atoms with Crippen LogP contribution in [0.2, 0.25) is 15.1 Å². The minimum Gasteiger partial charge on any atom is -0.481 e. The van der Waals surface area contributed by atoms with Crippen molar-refractivity contribution in [3.63, 3.8) is 0 Å². The van der Waals surface area contributed by atoms with Crippen LogP contribution in [0.25, 0.3) is 0 Å². The van der Waals surface area contributed by atoms with Crippen LogP contribution in [0.15, 0.2) is 42.5 Å². The third-order valence-corrected chi connectivity index (χ3v) is 4.94. The molecule has 2 aromatic rings. The van der Waals surface area contributed by atoms with Crippen molar-refractivity contribution in [3.8, 4) is 0 Å². The maximum absolute atomic E-state index is 11.5. The Labute approximate surface area is 155 Å². The topological polar surface area (TPSA) is 43.8 Å². The van der Waals surface area contributed by atoms with Gasteiger partial charge in [-0.25, -0.2) is 5.01 Å². The average Bonchev–Trinajstić information content (AvgIpc) is 2.96. The van der Waals surface area contributed by atoms with E-state index in [1.165, 1.54) is 0 Å². The van der Waals surface area contributed by atoms with E-state index in [1.807, 2.05) is 34.3 Å². The van der Waals surface area contributed by atoms with E-state index in [9.17, 15) is 9.90 Å². The fourth-order valence-corrected chi connectivity index (χ4v) is 3.38. The van der Waals surface area contributed by atoms with Crippen molar-refractivity contribution in [3.05, 3.63) is 63.1 Å². The number of halogens is 3. The van der Waals surface area contributed by atoms with Crippen LogP contribution in [0.3, 0.4) is 0 Å². The molecular weight excluding hydrogens is 371 g/mol. The van der Waals surface area contributed by atoms with Crippen LogP contribution in [0, 0.1) is 5.92 Å². The molecule has 0 aliphatic carbocycles. The van der Waals surface area contributed by atoms with Gasteiger partial charge in [0.15, 0.2) is 0 Å². The highest BCUT2D eigenvalue weighted by Gasteiger charge is 2.35. The lowest BCUT2D eigenvalue weighted by Gasteiger charge is -2.30. The van der Waals surface area contributed by atoms with Gasteiger partial charge in [0.1, 0.15) is 0 Å². The van der Waals surface area contributed by atoms with Gasteiger partial charge in [0, 0.05) is 29.7 Å². The van der Waals surface area contributed by atoms with E-state index in [0.717, 1.165) is 5.56 Å². The standard InChI is InChI=1S/C17H15Cl3N2O2/c18-13-5-6-15(20)16(7-13)22-10-12(17(23)24)9-21(22)8-11-3-1-2-4-14(11)19/h1-7,12H,8-10H2,(H,23,24). The number of carbonyl (C=O) groups is 1. The van der Waals surface area contributed by atoms with E-state index in [2.05, 4.69) is 0 Å². The number of rotatable bonds is 4. The predicted molar refractivity (Wildman–Crippen MR) is 96.8 cm³/mol. The second-order valence-electron chi connectivity index (χ2n) is 5.65. The van der Waals surface area contributed by atoms with Crippen LogP contribution in [0.5, 0.6) is 0 Å². The molecule has 1 atom stereocenters. The van der Waals surface area contributed by atoms with Crippen molar-refractivity contribution in [2.24, 2.45) is 5.92 Å². The molecule has 3 rings (SSSR count). The first-order valence-corrected chi connectivity index (χ1v) is 8.52. The summed E-state index contributed by atoms with van der Waals surface area (Å²) in [5.74, 6) is -1.35. The number of carboxylic acids is 1. The Morgan fingerprint density at radius 2 is 1.83 bits per heavy atom. The van der Waals surface area contributed by atoms with Crippen molar-refractivity contribution >= 4 is 46.5 Å². The normalized spacial score (nSPS) is 18.1. The van der Waals surface area contributed by atoms with Gasteiger partial charge < -0.3 is 10.1 Å². The van der Waals surface area contributed by atoms with E-state index < -0.39 is 11.9 Å². The van der Waals surface area contributed by atoms with E-state index in [4.69, 9.17) is 34.8 Å². The quantitative estimate of drug-likeness (QED) is 0.836. The van der Waals surface area contributed by atoms with Gasteiger partial charge in [0.25, 0.3) is 0 Å². The van der Waals surface area contributed by atoms with Crippen LogP contribution >= 0.6 is 34.8 Å². The molecule has 0 bridgehead atoms. The van der Waals surface area contributed by atoms with Crippen molar-refractivity contribution in [1.29, 1.82) is 0 Å². The lowest BCUT2D eigenvalue weighted by molar-refractivity contribution is -0.140. The zero-order valence-corrected chi connectivity index (χ0v) is 14.9. The van der Waals surface area contributed by atoms with Gasteiger partial charge in [0.05, 0.1) is 16.6 Å². The van der Waals surface area contributed by atoms with E-state index in [0.29, 0.717) is 40.4 Å². The Hall–Kier alpha value is -1.46.